The van der Waals surface area contributed by atoms with E-state index in [4.69, 9.17) is 5.73 Å². The van der Waals surface area contributed by atoms with Crippen molar-refractivity contribution in [3.63, 3.8) is 0 Å². The van der Waals surface area contributed by atoms with E-state index in [2.05, 4.69) is 54.7 Å². The fourth-order valence-electron chi connectivity index (χ4n) is 2.71. The molecule has 0 saturated carbocycles. The zero-order chi connectivity index (χ0) is 13.0. The Morgan fingerprint density at radius 2 is 1.83 bits per heavy atom. The van der Waals surface area contributed by atoms with E-state index >= 15 is 0 Å². The molecule has 0 aliphatic carbocycles. The van der Waals surface area contributed by atoms with E-state index in [-0.39, 0.29) is 0 Å². The predicted octanol–water partition coefficient (Wildman–Crippen LogP) is 3.09. The Balaban J connectivity index is 2.51. The van der Waals surface area contributed by atoms with Crippen molar-refractivity contribution < 1.29 is 0 Å². The number of rotatable bonds is 5. The molecule has 2 heteroatoms. The van der Waals surface area contributed by atoms with E-state index < -0.39 is 0 Å². The maximum absolute atomic E-state index is 5.90. The topological polar surface area (TPSA) is 38.0 Å². The summed E-state index contributed by atoms with van der Waals surface area (Å²) in [5, 5.41) is 6.05. The minimum atomic E-state index is 0.325. The van der Waals surface area contributed by atoms with Gasteiger partial charge in [-0.15, -0.1) is 0 Å². The van der Waals surface area contributed by atoms with Crippen LogP contribution in [0.25, 0.3) is 10.8 Å². The van der Waals surface area contributed by atoms with Crippen molar-refractivity contribution >= 4 is 10.8 Å². The van der Waals surface area contributed by atoms with Crippen LogP contribution in [0.4, 0.5) is 0 Å². The second-order valence-electron chi connectivity index (χ2n) is 4.74. The third kappa shape index (κ3) is 2.40. The molecule has 0 aliphatic heterocycles. The molecule has 0 spiro atoms. The van der Waals surface area contributed by atoms with Gasteiger partial charge >= 0.3 is 0 Å². The van der Waals surface area contributed by atoms with Crippen molar-refractivity contribution in [2.75, 3.05) is 13.6 Å². The normalized spacial score (nSPS) is 14.6. The van der Waals surface area contributed by atoms with Gasteiger partial charge in [0.2, 0.25) is 0 Å². The molecule has 0 saturated heterocycles. The predicted molar refractivity (Wildman–Crippen MR) is 78.6 cm³/mol. The summed E-state index contributed by atoms with van der Waals surface area (Å²) in [5.41, 5.74) is 7.26. The van der Waals surface area contributed by atoms with Crippen LogP contribution >= 0.6 is 0 Å². The molecule has 0 amide bonds. The summed E-state index contributed by atoms with van der Waals surface area (Å²) in [6.07, 6.45) is 1.09. The van der Waals surface area contributed by atoms with E-state index in [1.165, 1.54) is 16.3 Å². The molecular weight excluding hydrogens is 220 g/mol. The number of hydrogen-bond donors (Lipinski definition) is 2. The van der Waals surface area contributed by atoms with E-state index in [0.29, 0.717) is 18.5 Å². The molecule has 0 heterocycles. The molecule has 2 rings (SSSR count). The fraction of sp³-hybridized carbons (Fsp3) is 0.375. The lowest BCUT2D eigenvalue weighted by Crippen LogP contribution is -2.30. The molecule has 0 fully saturated rings. The molecule has 18 heavy (non-hydrogen) atoms. The lowest BCUT2D eigenvalue weighted by molar-refractivity contribution is 0.380. The van der Waals surface area contributed by atoms with Crippen LogP contribution in [0, 0.1) is 5.92 Å². The van der Waals surface area contributed by atoms with E-state index in [1.807, 2.05) is 7.05 Å². The largest absolute Gasteiger partial charge is 0.330 e. The maximum Gasteiger partial charge on any atom is 0.0364 e. The van der Waals surface area contributed by atoms with Crippen LogP contribution in [0.2, 0.25) is 0 Å². The Kier molecular flexibility index (Phi) is 4.34. The minimum Gasteiger partial charge on any atom is -0.330 e. The van der Waals surface area contributed by atoms with Crippen LogP contribution in [0.5, 0.6) is 0 Å². The van der Waals surface area contributed by atoms with Crippen LogP contribution in [0.15, 0.2) is 42.5 Å². The van der Waals surface area contributed by atoms with E-state index in [0.717, 1.165) is 6.42 Å². The zero-order valence-corrected chi connectivity index (χ0v) is 11.2. The monoisotopic (exact) mass is 242 g/mol. The number of hydrogen-bond acceptors (Lipinski definition) is 2. The number of nitrogens with two attached hydrogens (primary N) is 1. The second kappa shape index (κ2) is 5.98. The summed E-state index contributed by atoms with van der Waals surface area (Å²) in [6, 6.07) is 15.4. The van der Waals surface area contributed by atoms with Crippen LogP contribution < -0.4 is 11.1 Å². The van der Waals surface area contributed by atoms with Gasteiger partial charge in [-0.25, -0.2) is 0 Å². The molecule has 2 nitrogen and oxygen atoms in total. The molecular formula is C16H22N2. The van der Waals surface area contributed by atoms with Gasteiger partial charge in [0.15, 0.2) is 0 Å². The molecule has 3 N–H and O–H groups in total. The first kappa shape index (κ1) is 13.1. The molecule has 0 aliphatic rings. The highest BCUT2D eigenvalue weighted by molar-refractivity contribution is 5.86. The first-order valence-corrected chi connectivity index (χ1v) is 6.66. The summed E-state index contributed by atoms with van der Waals surface area (Å²) < 4.78 is 0. The van der Waals surface area contributed by atoms with Crippen LogP contribution in [-0.4, -0.2) is 13.6 Å². The lowest BCUT2D eigenvalue weighted by atomic mass is 9.88. The average molecular weight is 242 g/mol. The van der Waals surface area contributed by atoms with Crippen molar-refractivity contribution in [1.82, 2.24) is 5.32 Å². The van der Waals surface area contributed by atoms with Gasteiger partial charge in [-0.05, 0) is 35.8 Å². The summed E-state index contributed by atoms with van der Waals surface area (Å²) >= 11 is 0. The maximum atomic E-state index is 5.90. The van der Waals surface area contributed by atoms with Crippen molar-refractivity contribution in [3.8, 4) is 0 Å². The minimum absolute atomic E-state index is 0.325. The van der Waals surface area contributed by atoms with Gasteiger partial charge < -0.3 is 11.1 Å². The standard InChI is InChI=1S/C16H22N2/c1-3-12(11-17)16(18-2)15-10-6-8-13-7-4-5-9-14(13)15/h4-10,12,16,18H,3,11,17H2,1-2H3. The summed E-state index contributed by atoms with van der Waals surface area (Å²) in [6.45, 7) is 2.91. The smallest absolute Gasteiger partial charge is 0.0364 e. The number of fused-ring (bicyclic) bond motifs is 1. The van der Waals surface area contributed by atoms with Gasteiger partial charge in [0, 0.05) is 6.04 Å². The van der Waals surface area contributed by atoms with Crippen molar-refractivity contribution in [3.05, 3.63) is 48.0 Å². The van der Waals surface area contributed by atoms with Crippen molar-refractivity contribution in [2.24, 2.45) is 11.7 Å². The molecule has 96 valence electrons. The lowest BCUT2D eigenvalue weighted by Gasteiger charge is -2.26. The van der Waals surface area contributed by atoms with Gasteiger partial charge in [-0.1, -0.05) is 55.8 Å². The number of benzene rings is 2. The van der Waals surface area contributed by atoms with Crippen LogP contribution in [0.3, 0.4) is 0 Å². The Morgan fingerprint density at radius 1 is 1.11 bits per heavy atom. The Bertz CT molecular complexity index is 498. The van der Waals surface area contributed by atoms with Crippen molar-refractivity contribution in [2.45, 2.75) is 19.4 Å². The highest BCUT2D eigenvalue weighted by Gasteiger charge is 2.20. The third-order valence-corrected chi connectivity index (χ3v) is 3.77. The molecule has 0 bridgehead atoms. The molecule has 2 unspecified atom stereocenters. The molecule has 0 radical (unpaired) electrons. The average Bonchev–Trinajstić information content (AvgIpc) is 2.44. The Labute approximate surface area is 109 Å². The van der Waals surface area contributed by atoms with Gasteiger partial charge in [0.05, 0.1) is 0 Å². The molecule has 2 aromatic rings. The van der Waals surface area contributed by atoms with Gasteiger partial charge in [-0.3, -0.25) is 0 Å². The Hall–Kier alpha value is -1.38. The zero-order valence-electron chi connectivity index (χ0n) is 11.2. The molecule has 0 aromatic heterocycles. The third-order valence-electron chi connectivity index (χ3n) is 3.77. The highest BCUT2D eigenvalue weighted by Crippen LogP contribution is 2.29. The Morgan fingerprint density at radius 3 is 2.50 bits per heavy atom. The summed E-state index contributed by atoms with van der Waals surface area (Å²) in [4.78, 5) is 0. The van der Waals surface area contributed by atoms with E-state index in [9.17, 15) is 0 Å². The van der Waals surface area contributed by atoms with E-state index in [1.54, 1.807) is 0 Å². The fourth-order valence-corrected chi connectivity index (χ4v) is 2.71. The van der Waals surface area contributed by atoms with Crippen LogP contribution in [-0.2, 0) is 0 Å². The summed E-state index contributed by atoms with van der Waals surface area (Å²) in [5.74, 6) is 0.473. The van der Waals surface area contributed by atoms with Gasteiger partial charge in [0.1, 0.15) is 0 Å². The molecule has 2 atom stereocenters. The van der Waals surface area contributed by atoms with Gasteiger partial charge in [0.25, 0.3) is 0 Å². The first-order valence-electron chi connectivity index (χ1n) is 6.66. The number of nitrogens with one attached hydrogen (secondary N) is 1. The highest BCUT2D eigenvalue weighted by atomic mass is 14.9. The SMILES string of the molecule is CCC(CN)C(NC)c1cccc2ccccc12. The van der Waals surface area contributed by atoms with Crippen molar-refractivity contribution in [1.29, 1.82) is 0 Å². The molecule has 2 aromatic carbocycles. The second-order valence-corrected chi connectivity index (χ2v) is 4.74. The van der Waals surface area contributed by atoms with Gasteiger partial charge in [-0.2, -0.15) is 0 Å². The first-order chi connectivity index (χ1) is 8.81. The van der Waals surface area contributed by atoms with Crippen LogP contribution in [0.1, 0.15) is 24.9 Å². The quantitative estimate of drug-likeness (QED) is 0.845. The summed E-state index contributed by atoms with van der Waals surface area (Å²) in [7, 11) is 2.02.